The monoisotopic (exact) mass is 207 g/mol. The number of hydrogen-bond acceptors (Lipinski definition) is 3. The van der Waals surface area contributed by atoms with Crippen molar-refractivity contribution < 1.29 is 10.2 Å². The van der Waals surface area contributed by atoms with Crippen molar-refractivity contribution in [3.63, 3.8) is 0 Å². The van der Waals surface area contributed by atoms with E-state index in [2.05, 4.69) is 0 Å². The fraction of sp³-hybridized carbons (Fsp3) is 0.500. The molecule has 0 aliphatic heterocycles. The molecule has 0 spiro atoms. The molecular formula is C12H17NO2. The van der Waals surface area contributed by atoms with Crippen molar-refractivity contribution in [1.82, 2.24) is 0 Å². The minimum Gasteiger partial charge on any atom is -0.508 e. The highest BCUT2D eigenvalue weighted by atomic mass is 16.3. The van der Waals surface area contributed by atoms with Gasteiger partial charge in [0.25, 0.3) is 0 Å². The van der Waals surface area contributed by atoms with E-state index >= 15 is 0 Å². The first-order valence-electron chi connectivity index (χ1n) is 5.41. The fourth-order valence-electron chi connectivity index (χ4n) is 1.97. The average Bonchev–Trinajstić information content (AvgIpc) is 2.15. The van der Waals surface area contributed by atoms with Crippen LogP contribution in [0.3, 0.4) is 0 Å². The number of nitrogens with two attached hydrogens (primary N) is 1. The lowest BCUT2D eigenvalue weighted by Gasteiger charge is -2.33. The van der Waals surface area contributed by atoms with Gasteiger partial charge in [-0.2, -0.15) is 0 Å². The van der Waals surface area contributed by atoms with Gasteiger partial charge < -0.3 is 15.9 Å². The lowest BCUT2D eigenvalue weighted by Crippen LogP contribution is -2.36. The molecule has 0 bridgehead atoms. The summed E-state index contributed by atoms with van der Waals surface area (Å²) < 4.78 is 0. The molecule has 1 aliphatic rings. The summed E-state index contributed by atoms with van der Waals surface area (Å²) in [5.74, 6) is 0.581. The van der Waals surface area contributed by atoms with Crippen molar-refractivity contribution in [2.24, 2.45) is 11.7 Å². The van der Waals surface area contributed by atoms with Crippen LogP contribution < -0.4 is 5.73 Å². The number of hydrogen-bond donors (Lipinski definition) is 3. The van der Waals surface area contributed by atoms with Gasteiger partial charge in [-0.25, -0.2) is 0 Å². The first kappa shape index (κ1) is 10.5. The predicted octanol–water partition coefficient (Wildman–Crippen LogP) is 1.55. The first-order chi connectivity index (χ1) is 7.18. The number of phenols is 1. The summed E-state index contributed by atoms with van der Waals surface area (Å²) in [6.45, 7) is 0. The Morgan fingerprint density at radius 2 is 1.80 bits per heavy atom. The van der Waals surface area contributed by atoms with E-state index in [1.165, 1.54) is 6.42 Å². The Balaban J connectivity index is 2.05. The van der Waals surface area contributed by atoms with Crippen LogP contribution in [0.25, 0.3) is 0 Å². The van der Waals surface area contributed by atoms with Crippen molar-refractivity contribution >= 4 is 0 Å². The normalized spacial score (nSPS) is 20.7. The topological polar surface area (TPSA) is 66.5 Å². The van der Waals surface area contributed by atoms with Gasteiger partial charge in [0.1, 0.15) is 5.75 Å². The Morgan fingerprint density at radius 1 is 1.20 bits per heavy atom. The summed E-state index contributed by atoms with van der Waals surface area (Å²) in [7, 11) is 0. The lowest BCUT2D eigenvalue weighted by molar-refractivity contribution is 0.0413. The summed E-state index contributed by atoms with van der Waals surface area (Å²) in [4.78, 5) is 0. The van der Waals surface area contributed by atoms with Crippen molar-refractivity contribution in [2.45, 2.75) is 31.4 Å². The van der Waals surface area contributed by atoms with Gasteiger partial charge in [-0.05, 0) is 36.5 Å². The van der Waals surface area contributed by atoms with Gasteiger partial charge in [-0.1, -0.05) is 18.6 Å². The van der Waals surface area contributed by atoms with Gasteiger partial charge in [-0.3, -0.25) is 0 Å². The second-order valence-electron chi connectivity index (χ2n) is 4.30. The maximum Gasteiger partial charge on any atom is 0.115 e. The van der Waals surface area contributed by atoms with Crippen molar-refractivity contribution in [1.29, 1.82) is 0 Å². The molecule has 0 amide bonds. The van der Waals surface area contributed by atoms with E-state index in [9.17, 15) is 5.11 Å². The summed E-state index contributed by atoms with van der Waals surface area (Å²) in [6.07, 6.45) is 2.90. The zero-order valence-electron chi connectivity index (χ0n) is 8.63. The summed E-state index contributed by atoms with van der Waals surface area (Å²) >= 11 is 0. The van der Waals surface area contributed by atoms with Crippen LogP contribution in [-0.2, 0) is 0 Å². The molecule has 2 atom stereocenters. The highest BCUT2D eigenvalue weighted by Gasteiger charge is 2.30. The highest BCUT2D eigenvalue weighted by molar-refractivity contribution is 5.28. The Labute approximate surface area is 89.5 Å². The van der Waals surface area contributed by atoms with Crippen molar-refractivity contribution in [3.05, 3.63) is 29.8 Å². The quantitative estimate of drug-likeness (QED) is 0.704. The zero-order valence-corrected chi connectivity index (χ0v) is 8.63. The maximum atomic E-state index is 9.97. The van der Waals surface area contributed by atoms with Crippen molar-refractivity contribution in [3.8, 4) is 5.75 Å². The van der Waals surface area contributed by atoms with E-state index < -0.39 is 6.10 Å². The van der Waals surface area contributed by atoms with Gasteiger partial charge >= 0.3 is 0 Å². The van der Waals surface area contributed by atoms with Gasteiger partial charge in [0.05, 0.1) is 12.1 Å². The molecule has 1 aromatic rings. The third-order valence-corrected chi connectivity index (χ3v) is 3.28. The molecule has 2 rings (SSSR count). The molecule has 1 aliphatic carbocycles. The highest BCUT2D eigenvalue weighted by Crippen LogP contribution is 2.34. The number of benzene rings is 1. The second-order valence-corrected chi connectivity index (χ2v) is 4.30. The standard InChI is InChI=1S/C12H17NO2/c13-11(12(15)9-2-1-3-9)8-4-6-10(14)7-5-8/h4-7,9,11-12,14-15H,1-3,13H2/t11-,12+/m1/s1. The Morgan fingerprint density at radius 3 is 2.27 bits per heavy atom. The molecule has 15 heavy (non-hydrogen) atoms. The molecule has 3 heteroatoms. The second kappa shape index (κ2) is 4.21. The molecular weight excluding hydrogens is 190 g/mol. The van der Waals surface area contributed by atoms with Gasteiger partial charge in [0.2, 0.25) is 0 Å². The van der Waals surface area contributed by atoms with Gasteiger partial charge in [0.15, 0.2) is 0 Å². The van der Waals surface area contributed by atoms with Crippen LogP contribution >= 0.6 is 0 Å². The Hall–Kier alpha value is -1.06. The molecule has 1 saturated carbocycles. The van der Waals surface area contributed by atoms with Crippen LogP contribution in [0.4, 0.5) is 0 Å². The number of rotatable bonds is 3. The SMILES string of the molecule is N[C@H](c1ccc(O)cc1)[C@@H](O)C1CCC1. The van der Waals surface area contributed by atoms with Crippen LogP contribution in [0.15, 0.2) is 24.3 Å². The summed E-state index contributed by atoms with van der Waals surface area (Å²) in [6, 6.07) is 6.39. The molecule has 3 nitrogen and oxygen atoms in total. The molecule has 82 valence electrons. The number of phenolic OH excluding ortho intramolecular Hbond substituents is 1. The molecule has 0 radical (unpaired) electrons. The molecule has 1 aromatic carbocycles. The van der Waals surface area contributed by atoms with Crippen LogP contribution in [0.1, 0.15) is 30.9 Å². The Kier molecular flexibility index (Phi) is 2.93. The third-order valence-electron chi connectivity index (χ3n) is 3.28. The van der Waals surface area contributed by atoms with Crippen molar-refractivity contribution in [2.75, 3.05) is 0 Å². The van der Waals surface area contributed by atoms with Crippen LogP contribution in [0.2, 0.25) is 0 Å². The van der Waals surface area contributed by atoms with Crippen LogP contribution in [0, 0.1) is 5.92 Å². The van der Waals surface area contributed by atoms with E-state index in [-0.39, 0.29) is 11.8 Å². The lowest BCUT2D eigenvalue weighted by atomic mass is 9.77. The number of aliphatic hydroxyl groups is 1. The fourth-order valence-corrected chi connectivity index (χ4v) is 1.97. The number of aromatic hydroxyl groups is 1. The number of aliphatic hydroxyl groups excluding tert-OH is 1. The van der Waals surface area contributed by atoms with E-state index in [1.54, 1.807) is 24.3 Å². The van der Waals surface area contributed by atoms with Gasteiger partial charge in [-0.15, -0.1) is 0 Å². The largest absolute Gasteiger partial charge is 0.508 e. The molecule has 0 saturated heterocycles. The third kappa shape index (κ3) is 2.13. The van der Waals surface area contributed by atoms with Gasteiger partial charge in [0, 0.05) is 0 Å². The molecule has 4 N–H and O–H groups in total. The van der Waals surface area contributed by atoms with E-state index in [1.807, 2.05) is 0 Å². The summed E-state index contributed by atoms with van der Waals surface area (Å²) in [5, 5.41) is 19.1. The van der Waals surface area contributed by atoms with Crippen LogP contribution in [-0.4, -0.2) is 16.3 Å². The minimum atomic E-state index is -0.455. The Bertz CT molecular complexity index is 319. The zero-order chi connectivity index (χ0) is 10.8. The average molecular weight is 207 g/mol. The predicted molar refractivity (Wildman–Crippen MR) is 58.4 cm³/mol. The molecule has 0 unspecified atom stereocenters. The summed E-state index contributed by atoms with van der Waals surface area (Å²) in [5.41, 5.74) is 6.85. The van der Waals surface area contributed by atoms with E-state index in [0.29, 0.717) is 5.92 Å². The van der Waals surface area contributed by atoms with E-state index in [0.717, 1.165) is 18.4 Å². The minimum absolute atomic E-state index is 0.226. The molecule has 1 fully saturated rings. The van der Waals surface area contributed by atoms with Crippen LogP contribution in [0.5, 0.6) is 5.75 Å². The molecule has 0 heterocycles. The first-order valence-corrected chi connectivity index (χ1v) is 5.41. The maximum absolute atomic E-state index is 9.97. The smallest absolute Gasteiger partial charge is 0.115 e. The molecule has 0 aromatic heterocycles. The van der Waals surface area contributed by atoms with E-state index in [4.69, 9.17) is 10.8 Å².